The molecule has 0 atom stereocenters. The SMILES string of the molecule is CCc1c(C)nc(-n2nc(-c3cccs3)cc2NC(=O)c2ccc(Cl)cc2Cl)[nH]c1=O. The van der Waals surface area contributed by atoms with Crippen molar-refractivity contribution in [1.29, 1.82) is 0 Å². The summed E-state index contributed by atoms with van der Waals surface area (Å²) >= 11 is 13.6. The lowest BCUT2D eigenvalue weighted by Gasteiger charge is -2.10. The molecule has 0 saturated carbocycles. The van der Waals surface area contributed by atoms with Crippen LogP contribution in [0, 0.1) is 6.92 Å². The number of hydrogen-bond donors (Lipinski definition) is 2. The summed E-state index contributed by atoms with van der Waals surface area (Å²) in [5.74, 6) is 0.107. The summed E-state index contributed by atoms with van der Waals surface area (Å²) in [6.45, 7) is 3.66. The zero-order valence-corrected chi connectivity index (χ0v) is 18.9. The number of aromatic amines is 1. The van der Waals surface area contributed by atoms with Crippen LogP contribution >= 0.6 is 34.5 Å². The van der Waals surface area contributed by atoms with Crippen LogP contribution in [0.15, 0.2) is 46.6 Å². The van der Waals surface area contributed by atoms with Crippen LogP contribution in [0.2, 0.25) is 10.0 Å². The second-order valence-corrected chi connectivity index (χ2v) is 8.48. The first-order valence-corrected chi connectivity index (χ1v) is 11.0. The van der Waals surface area contributed by atoms with Crippen molar-refractivity contribution in [2.24, 2.45) is 0 Å². The summed E-state index contributed by atoms with van der Waals surface area (Å²) in [4.78, 5) is 33.5. The van der Waals surface area contributed by atoms with Gasteiger partial charge in [0.25, 0.3) is 11.5 Å². The van der Waals surface area contributed by atoms with E-state index in [0.717, 1.165) is 4.88 Å². The number of aromatic nitrogens is 4. The van der Waals surface area contributed by atoms with Crippen molar-refractivity contribution in [2.75, 3.05) is 5.32 Å². The van der Waals surface area contributed by atoms with Gasteiger partial charge in [-0.15, -0.1) is 11.3 Å². The predicted octanol–water partition coefficient (Wildman–Crippen LogP) is 5.11. The van der Waals surface area contributed by atoms with Crippen molar-refractivity contribution < 1.29 is 4.79 Å². The van der Waals surface area contributed by atoms with Crippen LogP contribution in [0.4, 0.5) is 5.82 Å². The number of benzene rings is 1. The van der Waals surface area contributed by atoms with Crippen LogP contribution in [-0.4, -0.2) is 25.7 Å². The molecule has 0 unspecified atom stereocenters. The van der Waals surface area contributed by atoms with Gasteiger partial charge in [-0.05, 0) is 43.0 Å². The van der Waals surface area contributed by atoms with Gasteiger partial charge in [-0.1, -0.05) is 36.2 Å². The van der Waals surface area contributed by atoms with E-state index in [9.17, 15) is 9.59 Å². The zero-order valence-electron chi connectivity index (χ0n) is 16.6. The molecule has 7 nitrogen and oxygen atoms in total. The molecule has 0 radical (unpaired) electrons. The van der Waals surface area contributed by atoms with Gasteiger partial charge >= 0.3 is 0 Å². The molecule has 0 aliphatic carbocycles. The van der Waals surface area contributed by atoms with Gasteiger partial charge in [-0.25, -0.2) is 4.98 Å². The molecule has 0 spiro atoms. The van der Waals surface area contributed by atoms with Crippen LogP contribution < -0.4 is 10.9 Å². The Morgan fingerprint density at radius 3 is 2.71 bits per heavy atom. The minimum absolute atomic E-state index is 0.208. The first-order valence-electron chi connectivity index (χ1n) is 9.38. The molecule has 2 N–H and O–H groups in total. The molecule has 1 amide bonds. The van der Waals surface area contributed by atoms with Crippen molar-refractivity contribution in [1.82, 2.24) is 19.7 Å². The Morgan fingerprint density at radius 1 is 1.26 bits per heavy atom. The van der Waals surface area contributed by atoms with Gasteiger partial charge in [0.05, 0.1) is 15.5 Å². The maximum absolute atomic E-state index is 12.9. The number of anilines is 1. The number of carbonyl (C=O) groups excluding carboxylic acids is 1. The highest BCUT2D eigenvalue weighted by molar-refractivity contribution is 7.13. The van der Waals surface area contributed by atoms with Crippen LogP contribution in [0.1, 0.15) is 28.5 Å². The lowest BCUT2D eigenvalue weighted by atomic mass is 10.2. The molecule has 4 rings (SSSR count). The molecular formula is C21H17Cl2N5O2S. The van der Waals surface area contributed by atoms with E-state index >= 15 is 0 Å². The highest BCUT2D eigenvalue weighted by atomic mass is 35.5. The Bertz CT molecular complexity index is 1330. The third-order valence-electron chi connectivity index (χ3n) is 4.66. The van der Waals surface area contributed by atoms with Crippen LogP contribution in [0.5, 0.6) is 0 Å². The monoisotopic (exact) mass is 473 g/mol. The summed E-state index contributed by atoms with van der Waals surface area (Å²) in [6, 6.07) is 10.2. The standard InChI is InChI=1S/C21H17Cl2N5O2S/c1-3-13-11(2)24-21(26-19(13)29)28-18(10-16(27-28)17-5-4-8-31-17)25-20(30)14-7-6-12(22)9-15(14)23/h4-10H,3H2,1-2H3,(H,25,30)(H,24,26,29). The first kappa shape index (κ1) is 21.3. The average Bonchev–Trinajstić information content (AvgIpc) is 3.37. The molecule has 0 aliphatic heterocycles. The van der Waals surface area contributed by atoms with Crippen LogP contribution in [0.3, 0.4) is 0 Å². The quantitative estimate of drug-likeness (QED) is 0.420. The fourth-order valence-corrected chi connectivity index (χ4v) is 4.32. The van der Waals surface area contributed by atoms with Gasteiger partial charge in [0, 0.05) is 22.3 Å². The van der Waals surface area contributed by atoms with E-state index in [-0.39, 0.29) is 22.1 Å². The van der Waals surface area contributed by atoms with E-state index in [4.69, 9.17) is 23.2 Å². The second-order valence-electron chi connectivity index (χ2n) is 6.69. The third kappa shape index (κ3) is 4.27. The van der Waals surface area contributed by atoms with Crippen LogP contribution in [-0.2, 0) is 6.42 Å². The Morgan fingerprint density at radius 2 is 2.06 bits per heavy atom. The van der Waals surface area contributed by atoms with Crippen molar-refractivity contribution in [3.8, 4) is 16.5 Å². The normalized spacial score (nSPS) is 11.0. The maximum Gasteiger partial charge on any atom is 0.258 e. The summed E-state index contributed by atoms with van der Waals surface area (Å²) < 4.78 is 1.41. The summed E-state index contributed by atoms with van der Waals surface area (Å²) in [7, 11) is 0. The maximum atomic E-state index is 12.9. The summed E-state index contributed by atoms with van der Waals surface area (Å²) in [6.07, 6.45) is 0.562. The molecule has 0 aliphatic rings. The van der Waals surface area contributed by atoms with Crippen molar-refractivity contribution in [3.05, 3.63) is 79.0 Å². The number of nitrogens with one attached hydrogen (secondary N) is 2. The zero-order chi connectivity index (χ0) is 22.1. The fourth-order valence-electron chi connectivity index (χ4n) is 3.15. The number of rotatable bonds is 5. The summed E-state index contributed by atoms with van der Waals surface area (Å²) in [5.41, 5.74) is 1.86. The van der Waals surface area contributed by atoms with Crippen LogP contribution in [0.25, 0.3) is 16.5 Å². The molecule has 0 fully saturated rings. The van der Waals surface area contributed by atoms with Gasteiger partial charge in [-0.2, -0.15) is 9.78 Å². The van der Waals surface area contributed by atoms with E-state index < -0.39 is 5.91 Å². The molecule has 158 valence electrons. The number of thiophene rings is 1. The molecular weight excluding hydrogens is 457 g/mol. The molecule has 1 aromatic carbocycles. The van der Waals surface area contributed by atoms with E-state index in [1.165, 1.54) is 22.1 Å². The topological polar surface area (TPSA) is 92.7 Å². The smallest absolute Gasteiger partial charge is 0.258 e. The predicted molar refractivity (Wildman–Crippen MR) is 124 cm³/mol. The Hall–Kier alpha value is -2.94. The van der Waals surface area contributed by atoms with Crippen molar-refractivity contribution in [3.63, 3.8) is 0 Å². The number of amides is 1. The molecule has 0 saturated heterocycles. The highest BCUT2D eigenvalue weighted by Crippen LogP contribution is 2.28. The molecule has 3 heterocycles. The van der Waals surface area contributed by atoms with Gasteiger partial charge in [0.1, 0.15) is 11.5 Å². The third-order valence-corrected chi connectivity index (χ3v) is 6.10. The van der Waals surface area contributed by atoms with E-state index in [0.29, 0.717) is 34.2 Å². The number of hydrogen-bond acceptors (Lipinski definition) is 5. The fraction of sp³-hybridized carbons (Fsp3) is 0.143. The molecule has 3 aromatic heterocycles. The average molecular weight is 474 g/mol. The number of halogens is 2. The number of carbonyl (C=O) groups is 1. The van der Waals surface area contributed by atoms with E-state index in [1.807, 2.05) is 24.4 Å². The second kappa shape index (κ2) is 8.66. The van der Waals surface area contributed by atoms with Gasteiger partial charge in [0.15, 0.2) is 0 Å². The Kier molecular flexibility index (Phi) is 5.95. The molecule has 0 bridgehead atoms. The van der Waals surface area contributed by atoms with Crippen molar-refractivity contribution >= 4 is 46.3 Å². The largest absolute Gasteiger partial charge is 0.306 e. The lowest BCUT2D eigenvalue weighted by molar-refractivity contribution is 0.102. The van der Waals surface area contributed by atoms with Gasteiger partial charge < -0.3 is 5.32 Å². The van der Waals surface area contributed by atoms with Crippen molar-refractivity contribution in [2.45, 2.75) is 20.3 Å². The Balaban J connectivity index is 1.80. The Labute approximate surface area is 191 Å². The number of aryl methyl sites for hydroxylation is 1. The molecule has 31 heavy (non-hydrogen) atoms. The first-order chi connectivity index (χ1) is 14.9. The minimum atomic E-state index is -0.440. The van der Waals surface area contributed by atoms with Gasteiger partial charge in [-0.3, -0.25) is 14.6 Å². The molecule has 4 aromatic rings. The summed E-state index contributed by atoms with van der Waals surface area (Å²) in [5, 5.41) is 9.97. The van der Waals surface area contributed by atoms with E-state index in [2.05, 4.69) is 20.4 Å². The van der Waals surface area contributed by atoms with E-state index in [1.54, 1.807) is 25.1 Å². The highest BCUT2D eigenvalue weighted by Gasteiger charge is 2.19. The number of nitrogens with zero attached hydrogens (tertiary/aromatic N) is 3. The molecule has 10 heteroatoms. The number of H-pyrrole nitrogens is 1. The minimum Gasteiger partial charge on any atom is -0.306 e. The lowest BCUT2D eigenvalue weighted by Crippen LogP contribution is -2.22. The van der Waals surface area contributed by atoms with Gasteiger partial charge in [0.2, 0.25) is 5.95 Å².